The number of hydrazone groups is 1. The first-order chi connectivity index (χ1) is 11.6. The summed E-state index contributed by atoms with van der Waals surface area (Å²) in [6.45, 7) is 0. The lowest BCUT2D eigenvalue weighted by molar-refractivity contribution is -0.393. The third-order valence-corrected chi connectivity index (χ3v) is 5.05. The fraction of sp³-hybridized carbons (Fsp3) is 0.562. The average Bonchev–Trinajstić information content (AvgIpc) is 2.59. The summed E-state index contributed by atoms with van der Waals surface area (Å²) >= 11 is 0. The molecule has 8 heteroatoms. The highest BCUT2D eigenvalue weighted by Crippen LogP contribution is 2.39. The molecule has 2 unspecified atom stereocenters. The van der Waals surface area contributed by atoms with Crippen LogP contribution in [0.1, 0.15) is 44.9 Å². The van der Waals surface area contributed by atoms with Gasteiger partial charge in [0.25, 0.3) is 5.69 Å². The lowest BCUT2D eigenvalue weighted by atomic mass is 9.70. The van der Waals surface area contributed by atoms with Gasteiger partial charge in [-0.15, -0.1) is 0 Å². The molecule has 3 rings (SSSR count). The molecular formula is C16H20N4O4. The van der Waals surface area contributed by atoms with Gasteiger partial charge in [0.2, 0.25) is 0 Å². The number of anilines is 1. The van der Waals surface area contributed by atoms with E-state index in [1.807, 2.05) is 0 Å². The second-order valence-corrected chi connectivity index (χ2v) is 6.47. The Bertz CT molecular complexity index is 687. The van der Waals surface area contributed by atoms with Gasteiger partial charge >= 0.3 is 5.69 Å². The van der Waals surface area contributed by atoms with Crippen LogP contribution in [0.15, 0.2) is 23.3 Å². The zero-order valence-corrected chi connectivity index (χ0v) is 13.3. The lowest BCUT2D eigenvalue weighted by Gasteiger charge is -2.36. The van der Waals surface area contributed by atoms with Gasteiger partial charge in [-0.2, -0.15) is 5.10 Å². The molecule has 0 radical (unpaired) electrons. The normalized spacial score (nSPS) is 25.1. The maximum Gasteiger partial charge on any atom is 0.301 e. The van der Waals surface area contributed by atoms with Crippen molar-refractivity contribution in [3.8, 4) is 0 Å². The highest BCUT2D eigenvalue weighted by Gasteiger charge is 2.32. The first-order valence-electron chi connectivity index (χ1n) is 8.31. The molecule has 1 aromatic rings. The second-order valence-electron chi connectivity index (χ2n) is 6.47. The van der Waals surface area contributed by atoms with Crippen molar-refractivity contribution in [2.45, 2.75) is 44.9 Å². The van der Waals surface area contributed by atoms with Gasteiger partial charge < -0.3 is 0 Å². The molecule has 0 heterocycles. The number of benzene rings is 1. The molecule has 2 aliphatic carbocycles. The van der Waals surface area contributed by atoms with E-state index in [-0.39, 0.29) is 17.1 Å². The highest BCUT2D eigenvalue weighted by molar-refractivity contribution is 5.88. The Hall–Kier alpha value is -2.51. The monoisotopic (exact) mass is 332 g/mol. The van der Waals surface area contributed by atoms with Crippen LogP contribution in [0, 0.1) is 32.1 Å². The van der Waals surface area contributed by atoms with E-state index in [9.17, 15) is 20.2 Å². The van der Waals surface area contributed by atoms with Crippen molar-refractivity contribution in [2.75, 3.05) is 5.43 Å². The van der Waals surface area contributed by atoms with E-state index >= 15 is 0 Å². The largest absolute Gasteiger partial charge is 0.301 e. The third kappa shape index (κ3) is 3.37. The molecule has 2 saturated carbocycles. The van der Waals surface area contributed by atoms with E-state index in [2.05, 4.69) is 10.5 Å². The van der Waals surface area contributed by atoms with Gasteiger partial charge in [0.15, 0.2) is 0 Å². The van der Waals surface area contributed by atoms with Crippen LogP contribution >= 0.6 is 0 Å². The lowest BCUT2D eigenvalue weighted by Crippen LogP contribution is -2.31. The zero-order chi connectivity index (χ0) is 17.1. The van der Waals surface area contributed by atoms with E-state index in [1.54, 1.807) is 0 Å². The average molecular weight is 332 g/mol. The second kappa shape index (κ2) is 6.94. The first-order valence-corrected chi connectivity index (χ1v) is 8.31. The number of nitro groups is 2. The summed E-state index contributed by atoms with van der Waals surface area (Å²) in [5.41, 5.74) is 3.43. The standard InChI is InChI=1S/C16H20N4O4/c21-19(22)12-8-9-15(16(10-12)20(23)24)18-17-14-7-3-5-11-4-1-2-6-13(11)14/h8-11,13,18H,1-7H2/b17-14+. The number of hydrogen-bond donors (Lipinski definition) is 1. The molecule has 2 atom stereocenters. The molecule has 0 spiro atoms. The van der Waals surface area contributed by atoms with Gasteiger partial charge in [-0.25, -0.2) is 0 Å². The van der Waals surface area contributed by atoms with Crippen molar-refractivity contribution in [3.63, 3.8) is 0 Å². The molecule has 24 heavy (non-hydrogen) atoms. The highest BCUT2D eigenvalue weighted by atomic mass is 16.6. The topological polar surface area (TPSA) is 111 Å². The maximum atomic E-state index is 11.2. The summed E-state index contributed by atoms with van der Waals surface area (Å²) in [5, 5.41) is 26.4. The Morgan fingerprint density at radius 1 is 1.04 bits per heavy atom. The van der Waals surface area contributed by atoms with Gasteiger partial charge in [0.05, 0.1) is 15.9 Å². The van der Waals surface area contributed by atoms with Gasteiger partial charge in [0, 0.05) is 17.7 Å². The van der Waals surface area contributed by atoms with Gasteiger partial charge in [-0.3, -0.25) is 25.7 Å². The number of nitro benzene ring substituents is 2. The molecule has 0 aromatic heterocycles. The van der Waals surface area contributed by atoms with E-state index < -0.39 is 9.85 Å². The molecule has 2 fully saturated rings. The molecule has 0 aliphatic heterocycles. The summed E-state index contributed by atoms with van der Waals surface area (Å²) in [5.74, 6) is 1.15. The fourth-order valence-corrected chi connectivity index (χ4v) is 3.87. The molecule has 1 aromatic carbocycles. The van der Waals surface area contributed by atoms with Crippen LogP contribution < -0.4 is 5.43 Å². The van der Waals surface area contributed by atoms with Crippen molar-refractivity contribution >= 4 is 22.8 Å². The van der Waals surface area contributed by atoms with Crippen LogP contribution in [0.3, 0.4) is 0 Å². The smallest absolute Gasteiger partial charge is 0.272 e. The number of rotatable bonds is 4. The molecule has 8 nitrogen and oxygen atoms in total. The number of nitrogens with zero attached hydrogens (tertiary/aromatic N) is 3. The SMILES string of the molecule is O=[N+]([O-])c1ccc(N/N=C2\CCCC3CCCCC23)c([N+](=O)[O-])c1. The molecule has 128 valence electrons. The van der Waals surface area contributed by atoms with Gasteiger partial charge in [-0.1, -0.05) is 12.8 Å². The van der Waals surface area contributed by atoms with E-state index in [0.717, 1.165) is 31.0 Å². The quantitative estimate of drug-likeness (QED) is 0.654. The number of nitrogens with one attached hydrogen (secondary N) is 1. The summed E-state index contributed by atoms with van der Waals surface area (Å²) in [6.07, 6.45) is 8.10. The predicted octanol–water partition coefficient (Wildman–Crippen LogP) is 4.26. The molecule has 0 amide bonds. The minimum atomic E-state index is -0.642. The van der Waals surface area contributed by atoms with Crippen LogP contribution in [0.25, 0.3) is 0 Å². The number of fused-ring (bicyclic) bond motifs is 1. The van der Waals surface area contributed by atoms with E-state index in [4.69, 9.17) is 0 Å². The summed E-state index contributed by atoms with van der Waals surface area (Å²) < 4.78 is 0. The minimum Gasteiger partial charge on any atom is -0.272 e. The maximum absolute atomic E-state index is 11.2. The Morgan fingerprint density at radius 2 is 1.79 bits per heavy atom. The Labute approximate surface area is 139 Å². The van der Waals surface area contributed by atoms with Crippen molar-refractivity contribution in [1.29, 1.82) is 0 Å². The third-order valence-electron chi connectivity index (χ3n) is 5.05. The van der Waals surface area contributed by atoms with E-state index in [1.165, 1.54) is 37.8 Å². The summed E-state index contributed by atoms with van der Waals surface area (Å²) in [6, 6.07) is 3.56. The van der Waals surface area contributed by atoms with Crippen LogP contribution in [0.4, 0.5) is 17.1 Å². The molecule has 2 aliphatic rings. The van der Waals surface area contributed by atoms with Gasteiger partial charge in [-0.05, 0) is 44.1 Å². The van der Waals surface area contributed by atoms with E-state index in [0.29, 0.717) is 11.8 Å². The predicted molar refractivity (Wildman–Crippen MR) is 90.1 cm³/mol. The Morgan fingerprint density at radius 3 is 2.54 bits per heavy atom. The zero-order valence-electron chi connectivity index (χ0n) is 13.3. The number of non-ortho nitro benzene ring substituents is 1. The molecular weight excluding hydrogens is 312 g/mol. The van der Waals surface area contributed by atoms with Crippen LogP contribution in [0.2, 0.25) is 0 Å². The first kappa shape index (κ1) is 16.4. The van der Waals surface area contributed by atoms with Crippen molar-refractivity contribution < 1.29 is 9.85 Å². The van der Waals surface area contributed by atoms with Crippen molar-refractivity contribution in [1.82, 2.24) is 0 Å². The summed E-state index contributed by atoms with van der Waals surface area (Å²) in [4.78, 5) is 20.7. The molecule has 0 saturated heterocycles. The number of hydrogen-bond acceptors (Lipinski definition) is 6. The van der Waals surface area contributed by atoms with Gasteiger partial charge in [0.1, 0.15) is 5.69 Å². The molecule has 1 N–H and O–H groups in total. The van der Waals surface area contributed by atoms with Crippen LogP contribution in [-0.4, -0.2) is 15.6 Å². The Kier molecular flexibility index (Phi) is 4.73. The van der Waals surface area contributed by atoms with Crippen LogP contribution in [-0.2, 0) is 0 Å². The van der Waals surface area contributed by atoms with Crippen LogP contribution in [0.5, 0.6) is 0 Å². The fourth-order valence-electron chi connectivity index (χ4n) is 3.87. The molecule has 0 bridgehead atoms. The van der Waals surface area contributed by atoms with Crippen molar-refractivity contribution in [2.24, 2.45) is 16.9 Å². The summed E-state index contributed by atoms with van der Waals surface area (Å²) in [7, 11) is 0. The van der Waals surface area contributed by atoms with Crippen molar-refractivity contribution in [3.05, 3.63) is 38.4 Å². The Balaban J connectivity index is 1.82. The minimum absolute atomic E-state index is 0.191.